The van der Waals surface area contributed by atoms with E-state index < -0.39 is 24.2 Å². The molecular weight excluding hydrogens is 349 g/mol. The van der Waals surface area contributed by atoms with Gasteiger partial charge in [-0.25, -0.2) is 14.2 Å². The van der Waals surface area contributed by atoms with Gasteiger partial charge in [0.1, 0.15) is 5.65 Å². The van der Waals surface area contributed by atoms with Crippen molar-refractivity contribution in [1.82, 2.24) is 14.7 Å². The van der Waals surface area contributed by atoms with Gasteiger partial charge < -0.3 is 19.8 Å². The number of pyridine rings is 1. The van der Waals surface area contributed by atoms with Crippen molar-refractivity contribution in [2.45, 2.75) is 13.0 Å². The number of rotatable bonds is 6. The summed E-state index contributed by atoms with van der Waals surface area (Å²) < 4.78 is 43.6. The second-order valence-electron chi connectivity index (χ2n) is 5.35. The van der Waals surface area contributed by atoms with E-state index in [-0.39, 0.29) is 5.69 Å². The Morgan fingerprint density at radius 2 is 2.12 bits per heavy atom. The van der Waals surface area contributed by atoms with E-state index >= 15 is 0 Å². The topological polar surface area (TPSA) is 67.7 Å². The lowest BCUT2D eigenvalue weighted by Crippen LogP contribution is -2.30. The molecule has 2 amide bonds. The Morgan fingerprint density at radius 1 is 1.27 bits per heavy atom. The van der Waals surface area contributed by atoms with E-state index in [1.54, 1.807) is 0 Å². The summed E-state index contributed by atoms with van der Waals surface area (Å²) in [7, 11) is 0. The van der Waals surface area contributed by atoms with Crippen molar-refractivity contribution < 1.29 is 22.7 Å². The Bertz CT molecular complexity index is 881. The largest absolute Gasteiger partial charge is 0.432 e. The minimum Gasteiger partial charge on any atom is -0.432 e. The van der Waals surface area contributed by atoms with Crippen LogP contribution in [0.5, 0.6) is 5.75 Å². The molecule has 0 aliphatic heterocycles. The van der Waals surface area contributed by atoms with Crippen LogP contribution < -0.4 is 15.4 Å². The van der Waals surface area contributed by atoms with E-state index in [9.17, 15) is 18.0 Å². The van der Waals surface area contributed by atoms with Crippen molar-refractivity contribution in [1.29, 1.82) is 0 Å². The van der Waals surface area contributed by atoms with Crippen LogP contribution in [0.25, 0.3) is 5.65 Å². The van der Waals surface area contributed by atoms with Crippen LogP contribution in [0.15, 0.2) is 48.8 Å². The predicted octanol–water partition coefficient (Wildman–Crippen LogP) is 3.44. The quantitative estimate of drug-likeness (QED) is 0.704. The lowest BCUT2D eigenvalue weighted by molar-refractivity contribution is -0.0521. The number of urea groups is 1. The number of hydrogen-bond acceptors (Lipinski definition) is 3. The maximum atomic E-state index is 13.6. The molecule has 9 heteroatoms. The number of alkyl halides is 2. The number of nitrogens with one attached hydrogen (secondary N) is 2. The van der Waals surface area contributed by atoms with E-state index in [0.717, 1.165) is 23.5 Å². The Morgan fingerprint density at radius 3 is 2.85 bits per heavy atom. The van der Waals surface area contributed by atoms with Crippen LogP contribution in [0.3, 0.4) is 0 Å². The van der Waals surface area contributed by atoms with Crippen LogP contribution in [0.2, 0.25) is 0 Å². The zero-order chi connectivity index (χ0) is 18.5. The molecule has 26 heavy (non-hydrogen) atoms. The number of ether oxygens (including phenoxy) is 1. The lowest BCUT2D eigenvalue weighted by Gasteiger charge is -2.09. The van der Waals surface area contributed by atoms with Crippen LogP contribution >= 0.6 is 0 Å². The number of nitrogens with zero attached hydrogens (tertiary/aromatic N) is 2. The third kappa shape index (κ3) is 4.44. The fraction of sp³-hybridized carbons (Fsp3) is 0.176. The number of carbonyl (C=O) groups excluding carboxylic acids is 1. The summed E-state index contributed by atoms with van der Waals surface area (Å²) in [6.07, 6.45) is 4.26. The first-order valence-electron chi connectivity index (χ1n) is 7.73. The summed E-state index contributed by atoms with van der Waals surface area (Å²) in [4.78, 5) is 16.2. The second kappa shape index (κ2) is 7.77. The second-order valence-corrected chi connectivity index (χ2v) is 5.35. The lowest BCUT2D eigenvalue weighted by atomic mass is 10.3. The summed E-state index contributed by atoms with van der Waals surface area (Å²) in [5.41, 5.74) is 1.75. The predicted molar refractivity (Wildman–Crippen MR) is 88.9 cm³/mol. The zero-order valence-corrected chi connectivity index (χ0v) is 13.5. The monoisotopic (exact) mass is 364 g/mol. The molecule has 6 nitrogen and oxygen atoms in total. The van der Waals surface area contributed by atoms with Crippen molar-refractivity contribution in [3.05, 3.63) is 60.3 Å². The molecule has 2 heterocycles. The Balaban J connectivity index is 1.50. The maximum absolute atomic E-state index is 13.6. The molecular formula is C17H15F3N4O2. The van der Waals surface area contributed by atoms with Crippen molar-refractivity contribution in [2.75, 3.05) is 11.9 Å². The number of amides is 2. The normalized spacial score (nSPS) is 10.9. The van der Waals surface area contributed by atoms with Crippen LogP contribution in [-0.4, -0.2) is 28.6 Å². The first-order valence-corrected chi connectivity index (χ1v) is 7.73. The molecule has 0 spiro atoms. The molecule has 1 aromatic carbocycles. The van der Waals surface area contributed by atoms with Crippen LogP contribution in [0.4, 0.5) is 23.7 Å². The molecule has 0 radical (unpaired) electrons. The van der Waals surface area contributed by atoms with Gasteiger partial charge in [0.05, 0.1) is 5.69 Å². The maximum Gasteiger partial charge on any atom is 0.387 e. The summed E-state index contributed by atoms with van der Waals surface area (Å²) in [5.74, 6) is -1.58. The molecule has 0 aliphatic carbocycles. The van der Waals surface area contributed by atoms with Crippen LogP contribution in [-0.2, 0) is 6.42 Å². The van der Waals surface area contributed by atoms with Gasteiger partial charge in [0.25, 0.3) is 0 Å². The van der Waals surface area contributed by atoms with Gasteiger partial charge in [-0.2, -0.15) is 8.78 Å². The van der Waals surface area contributed by atoms with Crippen molar-refractivity contribution >= 4 is 17.4 Å². The fourth-order valence-electron chi connectivity index (χ4n) is 2.36. The number of anilines is 1. The Kier molecular flexibility index (Phi) is 5.26. The molecule has 3 aromatic rings. The molecule has 3 rings (SSSR count). The number of hydrogen-bond donors (Lipinski definition) is 2. The van der Waals surface area contributed by atoms with Crippen molar-refractivity contribution in [2.24, 2.45) is 0 Å². The Hall–Kier alpha value is -3.23. The van der Waals surface area contributed by atoms with Gasteiger partial charge in [0.2, 0.25) is 0 Å². The highest BCUT2D eigenvalue weighted by atomic mass is 19.3. The SMILES string of the molecule is O=C(NCCc1cn2ccccc2n1)Nc1ccc(OC(F)F)c(F)c1. The number of imidazole rings is 1. The first kappa shape index (κ1) is 17.6. The molecule has 2 N–H and O–H groups in total. The fourth-order valence-corrected chi connectivity index (χ4v) is 2.36. The third-order valence-corrected chi connectivity index (χ3v) is 3.49. The molecule has 2 aromatic heterocycles. The van der Waals surface area contributed by atoms with E-state index in [0.29, 0.717) is 13.0 Å². The summed E-state index contributed by atoms with van der Waals surface area (Å²) in [5, 5.41) is 5.03. The number of carbonyl (C=O) groups is 1. The van der Waals surface area contributed by atoms with Crippen LogP contribution in [0.1, 0.15) is 5.69 Å². The minimum atomic E-state index is -3.12. The molecule has 0 saturated carbocycles. The van der Waals surface area contributed by atoms with Gasteiger partial charge in [-0.15, -0.1) is 0 Å². The van der Waals surface area contributed by atoms with E-state index in [1.807, 2.05) is 35.0 Å². The van der Waals surface area contributed by atoms with Gasteiger partial charge >= 0.3 is 12.6 Å². The minimum absolute atomic E-state index is 0.120. The highest BCUT2D eigenvalue weighted by molar-refractivity contribution is 5.89. The smallest absolute Gasteiger partial charge is 0.387 e. The molecule has 0 bridgehead atoms. The third-order valence-electron chi connectivity index (χ3n) is 3.49. The summed E-state index contributed by atoms with van der Waals surface area (Å²) in [6.45, 7) is -2.80. The molecule has 0 saturated heterocycles. The van der Waals surface area contributed by atoms with Gasteiger partial charge in [-0.1, -0.05) is 6.07 Å². The zero-order valence-electron chi connectivity index (χ0n) is 13.5. The molecule has 136 valence electrons. The van der Waals surface area contributed by atoms with Gasteiger partial charge in [-0.3, -0.25) is 0 Å². The van der Waals surface area contributed by atoms with Crippen molar-refractivity contribution in [3.63, 3.8) is 0 Å². The number of benzene rings is 1. The summed E-state index contributed by atoms with van der Waals surface area (Å²) in [6, 6.07) is 8.29. The van der Waals surface area contributed by atoms with Gasteiger partial charge in [0.15, 0.2) is 11.6 Å². The van der Waals surface area contributed by atoms with Gasteiger partial charge in [0, 0.05) is 37.1 Å². The van der Waals surface area contributed by atoms with Gasteiger partial charge in [-0.05, 0) is 24.3 Å². The highest BCUT2D eigenvalue weighted by Gasteiger charge is 2.11. The van der Waals surface area contributed by atoms with E-state index in [2.05, 4.69) is 20.4 Å². The van der Waals surface area contributed by atoms with Crippen molar-refractivity contribution in [3.8, 4) is 5.75 Å². The first-order chi connectivity index (χ1) is 12.5. The molecule has 0 unspecified atom stereocenters. The average Bonchev–Trinajstić information content (AvgIpc) is 2.99. The molecule has 0 fully saturated rings. The van der Waals surface area contributed by atoms with Crippen LogP contribution in [0, 0.1) is 5.82 Å². The van der Waals surface area contributed by atoms with E-state index in [1.165, 1.54) is 6.07 Å². The molecule has 0 aliphatic rings. The number of fused-ring (bicyclic) bond motifs is 1. The average molecular weight is 364 g/mol. The Labute approximate surface area is 146 Å². The highest BCUT2D eigenvalue weighted by Crippen LogP contribution is 2.22. The van der Waals surface area contributed by atoms with E-state index in [4.69, 9.17) is 0 Å². The molecule has 0 atom stereocenters. The summed E-state index contributed by atoms with van der Waals surface area (Å²) >= 11 is 0. The standard InChI is InChI=1S/C17H15F3N4O2/c18-13-9-11(4-5-14(13)26-16(19)20)23-17(25)21-7-6-12-10-24-8-2-1-3-15(24)22-12/h1-5,8-10,16H,6-7H2,(H2,21,23,25). The number of halogens is 3. The number of aromatic nitrogens is 2.